The maximum absolute atomic E-state index is 13.0. The Bertz CT molecular complexity index is 1100. The van der Waals surface area contributed by atoms with Crippen molar-refractivity contribution in [2.45, 2.75) is 5.16 Å². The number of thioether (sulfide) groups is 1. The number of nitrogens with zero attached hydrogens (tertiary/aromatic N) is 4. The monoisotopic (exact) mass is 435 g/mol. The van der Waals surface area contributed by atoms with Gasteiger partial charge < -0.3 is 15.0 Å². The van der Waals surface area contributed by atoms with E-state index in [1.54, 1.807) is 42.3 Å². The van der Waals surface area contributed by atoms with Crippen molar-refractivity contribution in [1.82, 2.24) is 20.1 Å². The van der Waals surface area contributed by atoms with Crippen LogP contribution in [0.5, 0.6) is 5.75 Å². The second kappa shape index (κ2) is 10.3. The first-order valence-corrected chi connectivity index (χ1v) is 10.3. The Kier molecular flexibility index (Phi) is 7.30. The summed E-state index contributed by atoms with van der Waals surface area (Å²) in [4.78, 5) is 26.4. The summed E-state index contributed by atoms with van der Waals surface area (Å²) in [6.45, 7) is -0.116. The predicted molar refractivity (Wildman–Crippen MR) is 119 cm³/mol. The van der Waals surface area contributed by atoms with E-state index in [1.807, 2.05) is 24.3 Å². The van der Waals surface area contributed by atoms with E-state index in [0.717, 1.165) is 11.4 Å². The van der Waals surface area contributed by atoms with Crippen molar-refractivity contribution in [2.75, 3.05) is 31.4 Å². The van der Waals surface area contributed by atoms with Crippen molar-refractivity contribution < 1.29 is 14.3 Å². The molecule has 2 aromatic carbocycles. The fraction of sp³-hybridized carbons (Fsp3) is 0.182. The van der Waals surface area contributed by atoms with Gasteiger partial charge >= 0.3 is 0 Å². The van der Waals surface area contributed by atoms with E-state index in [1.165, 1.54) is 23.7 Å². The van der Waals surface area contributed by atoms with Crippen molar-refractivity contribution >= 4 is 29.3 Å². The SMILES string of the molecule is C#Cc1cccc(N(CC(=O)NC)C(=O)CSc2nncn2-c2ccc(OC)cc2)c1. The number of terminal acetylenes is 1. The van der Waals surface area contributed by atoms with Crippen molar-refractivity contribution in [3.05, 3.63) is 60.4 Å². The minimum Gasteiger partial charge on any atom is -0.497 e. The predicted octanol–water partition coefficient (Wildman–Crippen LogP) is 2.13. The summed E-state index contributed by atoms with van der Waals surface area (Å²) in [5, 5.41) is 11.2. The molecule has 0 aliphatic carbocycles. The summed E-state index contributed by atoms with van der Waals surface area (Å²) in [6, 6.07) is 14.4. The lowest BCUT2D eigenvalue weighted by Crippen LogP contribution is -2.40. The topological polar surface area (TPSA) is 89.4 Å². The van der Waals surface area contributed by atoms with Gasteiger partial charge in [0.25, 0.3) is 0 Å². The van der Waals surface area contributed by atoms with Crippen LogP contribution < -0.4 is 15.0 Å². The van der Waals surface area contributed by atoms with E-state index >= 15 is 0 Å². The molecule has 2 amide bonds. The van der Waals surface area contributed by atoms with E-state index < -0.39 is 0 Å². The van der Waals surface area contributed by atoms with Crippen LogP contribution >= 0.6 is 11.8 Å². The van der Waals surface area contributed by atoms with Gasteiger partial charge in [0.05, 0.1) is 12.9 Å². The molecule has 8 nitrogen and oxygen atoms in total. The average molecular weight is 436 g/mol. The van der Waals surface area contributed by atoms with Gasteiger partial charge in [0.2, 0.25) is 11.8 Å². The Morgan fingerprint density at radius 1 is 1.26 bits per heavy atom. The average Bonchev–Trinajstić information content (AvgIpc) is 3.29. The van der Waals surface area contributed by atoms with Gasteiger partial charge in [0, 0.05) is 24.0 Å². The van der Waals surface area contributed by atoms with Gasteiger partial charge in [-0.1, -0.05) is 23.7 Å². The number of anilines is 1. The number of carbonyl (C=O) groups is 2. The summed E-state index contributed by atoms with van der Waals surface area (Å²) >= 11 is 1.23. The second-order valence-electron chi connectivity index (χ2n) is 6.32. The van der Waals surface area contributed by atoms with Crippen LogP contribution in [0.15, 0.2) is 60.0 Å². The number of ether oxygens (including phenoxy) is 1. The number of likely N-dealkylation sites (N-methyl/N-ethyl adjacent to an activating group) is 1. The molecular weight excluding hydrogens is 414 g/mol. The van der Waals surface area contributed by atoms with Crippen LogP contribution in [0, 0.1) is 12.3 Å². The minimum atomic E-state index is -0.286. The van der Waals surface area contributed by atoms with E-state index in [9.17, 15) is 9.59 Å². The third kappa shape index (κ3) is 5.43. The van der Waals surface area contributed by atoms with Crippen molar-refractivity contribution in [3.8, 4) is 23.8 Å². The molecule has 0 saturated carbocycles. The number of hydrogen-bond acceptors (Lipinski definition) is 6. The lowest BCUT2D eigenvalue weighted by molar-refractivity contribution is -0.122. The number of carbonyl (C=O) groups excluding carboxylic acids is 2. The first-order valence-electron chi connectivity index (χ1n) is 9.30. The van der Waals surface area contributed by atoms with Gasteiger partial charge in [-0.05, 0) is 42.5 Å². The van der Waals surface area contributed by atoms with Crippen molar-refractivity contribution in [2.24, 2.45) is 0 Å². The fourth-order valence-electron chi connectivity index (χ4n) is 2.76. The summed E-state index contributed by atoms with van der Waals surface area (Å²) in [5.41, 5.74) is 2.02. The number of rotatable bonds is 8. The van der Waals surface area contributed by atoms with Crippen LogP contribution in [-0.2, 0) is 9.59 Å². The molecule has 158 valence electrons. The molecule has 0 saturated heterocycles. The molecule has 9 heteroatoms. The molecule has 0 fully saturated rings. The zero-order chi connectivity index (χ0) is 22.2. The Balaban J connectivity index is 1.77. The molecule has 0 atom stereocenters. The van der Waals surface area contributed by atoms with Crippen LogP contribution in [0.2, 0.25) is 0 Å². The number of nitrogens with one attached hydrogen (secondary N) is 1. The molecule has 0 aliphatic rings. The molecule has 1 heterocycles. The molecule has 0 radical (unpaired) electrons. The highest BCUT2D eigenvalue weighted by molar-refractivity contribution is 7.99. The van der Waals surface area contributed by atoms with Crippen LogP contribution in [0.3, 0.4) is 0 Å². The molecule has 0 unspecified atom stereocenters. The zero-order valence-corrected chi connectivity index (χ0v) is 17.9. The van der Waals surface area contributed by atoms with E-state index in [0.29, 0.717) is 16.4 Å². The maximum atomic E-state index is 13.0. The van der Waals surface area contributed by atoms with Gasteiger partial charge in [0.15, 0.2) is 5.16 Å². The lowest BCUT2D eigenvalue weighted by Gasteiger charge is -2.22. The molecular formula is C22H21N5O3S. The van der Waals surface area contributed by atoms with Crippen LogP contribution in [0.1, 0.15) is 5.56 Å². The van der Waals surface area contributed by atoms with E-state index in [4.69, 9.17) is 11.2 Å². The summed E-state index contributed by atoms with van der Waals surface area (Å²) in [7, 11) is 3.12. The van der Waals surface area contributed by atoms with Crippen molar-refractivity contribution in [3.63, 3.8) is 0 Å². The highest BCUT2D eigenvalue weighted by Crippen LogP contribution is 2.23. The number of benzene rings is 2. The molecule has 1 aromatic heterocycles. The first kappa shape index (κ1) is 21.9. The highest BCUT2D eigenvalue weighted by Gasteiger charge is 2.20. The van der Waals surface area contributed by atoms with E-state index in [-0.39, 0.29) is 24.1 Å². The first-order chi connectivity index (χ1) is 15.0. The fourth-order valence-corrected chi connectivity index (χ4v) is 3.56. The van der Waals surface area contributed by atoms with Gasteiger partial charge in [-0.2, -0.15) is 0 Å². The molecule has 3 aromatic rings. The largest absolute Gasteiger partial charge is 0.497 e. The molecule has 0 aliphatic heterocycles. The standard InChI is InChI=1S/C22H21N5O3S/c1-4-16-6-5-7-18(12-16)26(13-20(28)23-2)21(29)14-31-22-25-24-15-27(22)17-8-10-19(30-3)11-9-17/h1,5-12,15H,13-14H2,2-3H3,(H,23,28). The third-order valence-corrected chi connectivity index (χ3v) is 5.33. The number of aromatic nitrogens is 3. The van der Waals surface area contributed by atoms with Gasteiger partial charge in [-0.25, -0.2) is 0 Å². The van der Waals surface area contributed by atoms with Gasteiger partial charge in [0.1, 0.15) is 18.6 Å². The Morgan fingerprint density at radius 2 is 2.03 bits per heavy atom. The maximum Gasteiger partial charge on any atom is 0.239 e. The summed E-state index contributed by atoms with van der Waals surface area (Å²) in [6.07, 6.45) is 7.05. The number of amides is 2. The zero-order valence-electron chi connectivity index (χ0n) is 17.1. The van der Waals surface area contributed by atoms with Crippen LogP contribution in [0.25, 0.3) is 5.69 Å². The van der Waals surface area contributed by atoms with Crippen LogP contribution in [0.4, 0.5) is 5.69 Å². The summed E-state index contributed by atoms with van der Waals surface area (Å²) in [5.74, 6) is 2.80. The second-order valence-corrected chi connectivity index (χ2v) is 7.26. The normalized spacial score (nSPS) is 10.2. The van der Waals surface area contributed by atoms with Gasteiger partial charge in [-0.3, -0.25) is 14.2 Å². The Morgan fingerprint density at radius 3 is 2.71 bits per heavy atom. The minimum absolute atomic E-state index is 0.0616. The highest BCUT2D eigenvalue weighted by atomic mass is 32.2. The molecule has 0 spiro atoms. The van der Waals surface area contributed by atoms with Crippen LogP contribution in [-0.4, -0.2) is 53.0 Å². The number of methoxy groups -OCH3 is 1. The Hall–Kier alpha value is -3.77. The van der Waals surface area contributed by atoms with Gasteiger partial charge in [-0.15, -0.1) is 16.6 Å². The van der Waals surface area contributed by atoms with Crippen molar-refractivity contribution in [1.29, 1.82) is 0 Å². The Labute approximate surface area is 184 Å². The lowest BCUT2D eigenvalue weighted by atomic mass is 10.2. The third-order valence-electron chi connectivity index (χ3n) is 4.40. The molecule has 31 heavy (non-hydrogen) atoms. The number of hydrogen-bond donors (Lipinski definition) is 1. The molecule has 0 bridgehead atoms. The summed E-state index contributed by atoms with van der Waals surface area (Å²) < 4.78 is 6.96. The van der Waals surface area contributed by atoms with E-state index in [2.05, 4.69) is 21.4 Å². The molecule has 1 N–H and O–H groups in total. The smallest absolute Gasteiger partial charge is 0.239 e. The quantitative estimate of drug-likeness (QED) is 0.431. The molecule has 3 rings (SSSR count).